The van der Waals surface area contributed by atoms with Gasteiger partial charge in [-0.2, -0.15) is 0 Å². The molecule has 0 aromatic heterocycles. The molecule has 1 saturated heterocycles. The van der Waals surface area contributed by atoms with Crippen LogP contribution in [-0.4, -0.2) is 62.0 Å². The SMILES string of the molecule is O=C(COc1ccc2c(c1)CCC2)OCC(=O)N(C1CC1)[C@@H]1CCS(=O)(=O)C1. The van der Waals surface area contributed by atoms with E-state index < -0.39 is 15.8 Å². The minimum absolute atomic E-state index is 0.00459. The summed E-state index contributed by atoms with van der Waals surface area (Å²) in [5.74, 6) is -0.188. The van der Waals surface area contributed by atoms with Gasteiger partial charge in [0.2, 0.25) is 0 Å². The van der Waals surface area contributed by atoms with E-state index >= 15 is 0 Å². The summed E-state index contributed by atoms with van der Waals surface area (Å²) in [4.78, 5) is 26.1. The number of rotatable bonds is 7. The van der Waals surface area contributed by atoms with Crippen LogP contribution in [-0.2, 0) is 37.0 Å². The van der Waals surface area contributed by atoms with Gasteiger partial charge in [-0.25, -0.2) is 13.2 Å². The molecule has 3 aliphatic rings. The third-order valence-electron chi connectivity index (χ3n) is 5.61. The second-order valence-corrected chi connectivity index (χ2v) is 10.1. The normalized spacial score (nSPS) is 22.5. The number of carbonyl (C=O) groups excluding carboxylic acids is 2. The van der Waals surface area contributed by atoms with Crippen molar-refractivity contribution in [1.29, 1.82) is 0 Å². The Kier molecular flexibility index (Phi) is 5.31. The Morgan fingerprint density at radius 3 is 2.54 bits per heavy atom. The largest absolute Gasteiger partial charge is 0.482 e. The highest BCUT2D eigenvalue weighted by Gasteiger charge is 2.42. The van der Waals surface area contributed by atoms with Gasteiger partial charge in [-0.1, -0.05) is 6.07 Å². The van der Waals surface area contributed by atoms with Gasteiger partial charge in [0.05, 0.1) is 11.5 Å². The number of ether oxygens (including phenoxy) is 2. The molecule has 2 aliphatic carbocycles. The summed E-state index contributed by atoms with van der Waals surface area (Å²) in [6, 6.07) is 5.60. The van der Waals surface area contributed by atoms with Crippen LogP contribution in [0, 0.1) is 0 Å². The monoisotopic (exact) mass is 407 g/mol. The van der Waals surface area contributed by atoms with E-state index in [1.807, 2.05) is 18.2 Å². The van der Waals surface area contributed by atoms with Crippen molar-refractivity contribution in [2.45, 2.75) is 50.6 Å². The first kappa shape index (κ1) is 19.2. The minimum Gasteiger partial charge on any atom is -0.482 e. The highest BCUT2D eigenvalue weighted by Crippen LogP contribution is 2.32. The topological polar surface area (TPSA) is 90.0 Å². The maximum atomic E-state index is 12.5. The van der Waals surface area contributed by atoms with Gasteiger partial charge in [-0.15, -0.1) is 0 Å². The summed E-state index contributed by atoms with van der Waals surface area (Å²) in [7, 11) is -3.08. The molecule has 7 nitrogen and oxygen atoms in total. The molecule has 1 amide bonds. The van der Waals surface area contributed by atoms with E-state index in [0.717, 1.165) is 32.1 Å². The molecular formula is C20H25NO6S. The number of aryl methyl sites for hydroxylation is 2. The number of hydrogen-bond acceptors (Lipinski definition) is 6. The van der Waals surface area contributed by atoms with E-state index in [1.165, 1.54) is 11.1 Å². The van der Waals surface area contributed by atoms with E-state index in [0.29, 0.717) is 12.2 Å². The third-order valence-corrected chi connectivity index (χ3v) is 7.36. The lowest BCUT2D eigenvalue weighted by Gasteiger charge is -2.28. The fourth-order valence-corrected chi connectivity index (χ4v) is 5.80. The van der Waals surface area contributed by atoms with Crippen molar-refractivity contribution in [2.75, 3.05) is 24.7 Å². The van der Waals surface area contributed by atoms with Crippen LogP contribution in [0.2, 0.25) is 0 Å². The maximum absolute atomic E-state index is 12.5. The zero-order valence-corrected chi connectivity index (χ0v) is 16.6. The van der Waals surface area contributed by atoms with Crippen LogP contribution in [0.5, 0.6) is 5.75 Å². The standard InChI is InChI=1S/C20H25NO6S/c22-19(21(16-5-6-16)17-8-9-28(24,25)13-17)11-27-20(23)12-26-18-7-4-14-2-1-3-15(14)10-18/h4,7,10,16-17H,1-3,5-6,8-9,11-13H2/t17-/m1/s1. The quantitative estimate of drug-likeness (QED) is 0.633. The van der Waals surface area contributed by atoms with E-state index in [9.17, 15) is 18.0 Å². The molecule has 0 radical (unpaired) electrons. The lowest BCUT2D eigenvalue weighted by Crippen LogP contribution is -2.45. The molecule has 8 heteroatoms. The predicted octanol–water partition coefficient (Wildman–Crippen LogP) is 1.28. The molecule has 0 unspecified atom stereocenters. The van der Waals surface area contributed by atoms with Crippen LogP contribution in [0.15, 0.2) is 18.2 Å². The lowest BCUT2D eigenvalue weighted by molar-refractivity contribution is -0.154. The van der Waals surface area contributed by atoms with Crippen molar-refractivity contribution < 1.29 is 27.5 Å². The third kappa shape index (κ3) is 4.48. The van der Waals surface area contributed by atoms with Crippen molar-refractivity contribution in [1.82, 2.24) is 4.90 Å². The van der Waals surface area contributed by atoms with Gasteiger partial charge in [-0.05, 0) is 61.8 Å². The summed E-state index contributed by atoms with van der Waals surface area (Å²) in [6.45, 7) is -0.632. The molecule has 2 fully saturated rings. The fraction of sp³-hybridized carbons (Fsp3) is 0.600. The zero-order valence-electron chi connectivity index (χ0n) is 15.8. The van der Waals surface area contributed by atoms with Gasteiger partial charge in [0.15, 0.2) is 23.1 Å². The first-order valence-corrected chi connectivity index (χ1v) is 11.7. The predicted molar refractivity (Wildman–Crippen MR) is 102 cm³/mol. The summed E-state index contributed by atoms with van der Waals surface area (Å²) in [5, 5.41) is 0. The molecule has 0 bridgehead atoms. The molecule has 1 heterocycles. The molecule has 1 atom stereocenters. The van der Waals surface area contributed by atoms with E-state index in [4.69, 9.17) is 9.47 Å². The number of benzene rings is 1. The number of sulfone groups is 1. The summed E-state index contributed by atoms with van der Waals surface area (Å²) >= 11 is 0. The minimum atomic E-state index is -3.08. The molecule has 1 aliphatic heterocycles. The van der Waals surface area contributed by atoms with Crippen molar-refractivity contribution >= 4 is 21.7 Å². The molecule has 28 heavy (non-hydrogen) atoms. The Hall–Kier alpha value is -2.09. The van der Waals surface area contributed by atoms with Crippen LogP contribution >= 0.6 is 0 Å². The number of nitrogens with zero attached hydrogens (tertiary/aromatic N) is 1. The Labute approximate surface area is 164 Å². The van der Waals surface area contributed by atoms with Gasteiger partial charge >= 0.3 is 5.97 Å². The Bertz CT molecular complexity index is 877. The average Bonchev–Trinajstić information content (AvgIpc) is 3.26. The first-order chi connectivity index (χ1) is 13.4. The van der Waals surface area contributed by atoms with Crippen LogP contribution in [0.3, 0.4) is 0 Å². The Morgan fingerprint density at radius 1 is 1.04 bits per heavy atom. The van der Waals surface area contributed by atoms with E-state index in [2.05, 4.69) is 0 Å². The van der Waals surface area contributed by atoms with E-state index in [-0.39, 0.29) is 42.7 Å². The second-order valence-electron chi connectivity index (χ2n) is 7.82. The number of fused-ring (bicyclic) bond motifs is 1. The second kappa shape index (κ2) is 7.73. The van der Waals surface area contributed by atoms with Gasteiger partial charge in [0, 0.05) is 12.1 Å². The van der Waals surface area contributed by atoms with Crippen molar-refractivity contribution in [2.24, 2.45) is 0 Å². The van der Waals surface area contributed by atoms with Crippen LogP contribution in [0.1, 0.15) is 36.8 Å². The Morgan fingerprint density at radius 2 is 1.82 bits per heavy atom. The lowest BCUT2D eigenvalue weighted by atomic mass is 10.1. The van der Waals surface area contributed by atoms with Crippen LogP contribution in [0.25, 0.3) is 0 Å². The van der Waals surface area contributed by atoms with Crippen molar-refractivity contribution in [3.63, 3.8) is 0 Å². The molecule has 4 rings (SSSR count). The van der Waals surface area contributed by atoms with E-state index in [1.54, 1.807) is 4.90 Å². The molecular weight excluding hydrogens is 382 g/mol. The molecule has 1 saturated carbocycles. The van der Waals surface area contributed by atoms with Crippen molar-refractivity contribution in [3.05, 3.63) is 29.3 Å². The smallest absolute Gasteiger partial charge is 0.344 e. The van der Waals surface area contributed by atoms with Gasteiger partial charge in [-0.3, -0.25) is 4.79 Å². The summed E-state index contributed by atoms with van der Waals surface area (Å²) in [5.41, 5.74) is 2.59. The van der Waals surface area contributed by atoms with Gasteiger partial charge in [0.1, 0.15) is 5.75 Å². The molecule has 152 valence electrons. The number of amides is 1. The van der Waals surface area contributed by atoms with Gasteiger partial charge in [0.25, 0.3) is 5.91 Å². The first-order valence-electron chi connectivity index (χ1n) is 9.83. The zero-order chi connectivity index (χ0) is 19.7. The van der Waals surface area contributed by atoms with Gasteiger partial charge < -0.3 is 14.4 Å². The summed E-state index contributed by atoms with van der Waals surface area (Å²) < 4.78 is 34.0. The molecule has 1 aromatic rings. The fourth-order valence-electron chi connectivity index (χ4n) is 4.09. The Balaban J connectivity index is 1.26. The highest BCUT2D eigenvalue weighted by molar-refractivity contribution is 7.91. The van der Waals surface area contributed by atoms with Crippen molar-refractivity contribution in [3.8, 4) is 5.75 Å². The molecule has 0 N–H and O–H groups in total. The molecule has 0 spiro atoms. The molecule has 1 aromatic carbocycles. The maximum Gasteiger partial charge on any atom is 0.344 e. The van der Waals surface area contributed by atoms with Crippen LogP contribution in [0.4, 0.5) is 0 Å². The number of hydrogen-bond donors (Lipinski definition) is 0. The highest BCUT2D eigenvalue weighted by atomic mass is 32.2. The summed E-state index contributed by atoms with van der Waals surface area (Å²) in [6.07, 6.45) is 5.46. The average molecular weight is 407 g/mol. The van der Waals surface area contributed by atoms with Crippen LogP contribution < -0.4 is 4.74 Å². The number of esters is 1. The number of carbonyl (C=O) groups is 2.